The number of nitrogens with zero attached hydrogens (tertiary/aromatic N) is 2. The second kappa shape index (κ2) is 4.50. The first-order valence-corrected chi connectivity index (χ1v) is 7.97. The van der Waals surface area contributed by atoms with Gasteiger partial charge in [0.2, 0.25) is 0 Å². The van der Waals surface area contributed by atoms with Crippen LogP contribution in [0.15, 0.2) is 24.5 Å². The molecule has 3 aliphatic carbocycles. The van der Waals surface area contributed by atoms with E-state index >= 15 is 0 Å². The first-order valence-electron chi connectivity index (χ1n) is 7.97. The molecule has 0 spiro atoms. The fourth-order valence-electron chi connectivity index (χ4n) is 5.40. The van der Waals surface area contributed by atoms with Crippen molar-refractivity contribution in [3.63, 3.8) is 0 Å². The van der Waals surface area contributed by atoms with Crippen LogP contribution in [0.3, 0.4) is 0 Å². The van der Waals surface area contributed by atoms with E-state index in [9.17, 15) is 0 Å². The van der Waals surface area contributed by atoms with E-state index in [0.29, 0.717) is 0 Å². The van der Waals surface area contributed by atoms with Gasteiger partial charge in [-0.2, -0.15) is 0 Å². The summed E-state index contributed by atoms with van der Waals surface area (Å²) in [6, 6.07) is 5.04. The standard InChI is InChI=1S/C17H24N2/c1-19(13-5-4-8-18-11-13)17-10-12-9-16(17)15-7-3-2-6-14(12)15/h4-5,8,11-12,14-17H,2-3,6-7,9-10H2,1H3. The van der Waals surface area contributed by atoms with E-state index in [2.05, 4.69) is 29.1 Å². The van der Waals surface area contributed by atoms with E-state index in [1.807, 2.05) is 12.4 Å². The molecule has 0 saturated heterocycles. The molecular formula is C17H24N2. The molecule has 0 N–H and O–H groups in total. The third-order valence-electron chi connectivity index (χ3n) is 6.19. The molecule has 1 heterocycles. The number of rotatable bonds is 2. The van der Waals surface area contributed by atoms with Gasteiger partial charge in [-0.05, 0) is 61.5 Å². The molecule has 2 bridgehead atoms. The molecule has 0 amide bonds. The van der Waals surface area contributed by atoms with Crippen LogP contribution in [0, 0.1) is 23.7 Å². The van der Waals surface area contributed by atoms with E-state index in [4.69, 9.17) is 0 Å². The molecule has 102 valence electrons. The van der Waals surface area contributed by atoms with E-state index < -0.39 is 0 Å². The number of aromatic nitrogens is 1. The van der Waals surface area contributed by atoms with Crippen LogP contribution in [-0.2, 0) is 0 Å². The SMILES string of the molecule is CN(c1cccnc1)C1CC2CC1C1CCCCC21. The van der Waals surface area contributed by atoms with Crippen LogP contribution < -0.4 is 4.90 Å². The summed E-state index contributed by atoms with van der Waals surface area (Å²) in [5.41, 5.74) is 1.30. The van der Waals surface area contributed by atoms with Crippen molar-refractivity contribution in [2.45, 2.75) is 44.6 Å². The maximum atomic E-state index is 4.28. The number of pyridine rings is 1. The number of anilines is 1. The van der Waals surface area contributed by atoms with Gasteiger partial charge in [0.1, 0.15) is 0 Å². The van der Waals surface area contributed by atoms with Crippen molar-refractivity contribution in [3.8, 4) is 0 Å². The lowest BCUT2D eigenvalue weighted by atomic mass is 9.69. The van der Waals surface area contributed by atoms with E-state index in [1.165, 1.54) is 44.2 Å². The Labute approximate surface area is 116 Å². The Morgan fingerprint density at radius 2 is 1.95 bits per heavy atom. The molecule has 0 aliphatic heterocycles. The van der Waals surface area contributed by atoms with Crippen molar-refractivity contribution < 1.29 is 0 Å². The summed E-state index contributed by atoms with van der Waals surface area (Å²) in [5.74, 6) is 4.11. The third-order valence-corrected chi connectivity index (χ3v) is 6.19. The summed E-state index contributed by atoms with van der Waals surface area (Å²) in [5, 5.41) is 0. The Morgan fingerprint density at radius 1 is 1.11 bits per heavy atom. The Hall–Kier alpha value is -1.05. The maximum absolute atomic E-state index is 4.28. The summed E-state index contributed by atoms with van der Waals surface area (Å²) in [6.45, 7) is 0. The smallest absolute Gasteiger partial charge is 0.0552 e. The second-order valence-electron chi connectivity index (χ2n) is 6.90. The Kier molecular flexibility index (Phi) is 2.78. The van der Waals surface area contributed by atoms with E-state index in [-0.39, 0.29) is 0 Å². The minimum absolute atomic E-state index is 0.772. The van der Waals surface area contributed by atoms with Gasteiger partial charge in [-0.3, -0.25) is 4.98 Å². The molecular weight excluding hydrogens is 232 g/mol. The molecule has 1 aromatic rings. The van der Waals surface area contributed by atoms with Gasteiger partial charge in [0.15, 0.2) is 0 Å². The first-order chi connectivity index (χ1) is 9.34. The highest BCUT2D eigenvalue weighted by Gasteiger charge is 2.53. The Bertz CT molecular complexity index is 444. The molecule has 5 unspecified atom stereocenters. The molecule has 2 heteroatoms. The number of hydrogen-bond acceptors (Lipinski definition) is 2. The molecule has 3 fully saturated rings. The van der Waals surface area contributed by atoms with Gasteiger partial charge in [0.05, 0.1) is 11.9 Å². The Balaban J connectivity index is 1.55. The zero-order valence-electron chi connectivity index (χ0n) is 11.8. The van der Waals surface area contributed by atoms with Crippen LogP contribution in [-0.4, -0.2) is 18.1 Å². The minimum atomic E-state index is 0.772. The van der Waals surface area contributed by atoms with Gasteiger partial charge in [-0.25, -0.2) is 0 Å². The maximum Gasteiger partial charge on any atom is 0.0552 e. The predicted molar refractivity (Wildman–Crippen MR) is 78.1 cm³/mol. The molecule has 0 radical (unpaired) electrons. The van der Waals surface area contributed by atoms with Crippen molar-refractivity contribution in [2.24, 2.45) is 23.7 Å². The largest absolute Gasteiger partial charge is 0.370 e. The lowest BCUT2D eigenvalue weighted by Crippen LogP contribution is -2.42. The van der Waals surface area contributed by atoms with Crippen LogP contribution >= 0.6 is 0 Å². The highest BCUT2D eigenvalue weighted by atomic mass is 15.2. The van der Waals surface area contributed by atoms with Crippen molar-refractivity contribution in [3.05, 3.63) is 24.5 Å². The summed E-state index contributed by atoms with van der Waals surface area (Å²) < 4.78 is 0. The minimum Gasteiger partial charge on any atom is -0.370 e. The average Bonchev–Trinajstić information content (AvgIpc) is 3.07. The van der Waals surface area contributed by atoms with Crippen LogP contribution in [0.25, 0.3) is 0 Å². The van der Waals surface area contributed by atoms with Gasteiger partial charge < -0.3 is 4.90 Å². The van der Waals surface area contributed by atoms with E-state index in [0.717, 1.165) is 29.7 Å². The molecule has 5 atom stereocenters. The van der Waals surface area contributed by atoms with Gasteiger partial charge in [-0.15, -0.1) is 0 Å². The van der Waals surface area contributed by atoms with E-state index in [1.54, 1.807) is 0 Å². The van der Waals surface area contributed by atoms with Crippen LogP contribution in [0.5, 0.6) is 0 Å². The quantitative estimate of drug-likeness (QED) is 0.801. The molecule has 3 saturated carbocycles. The van der Waals surface area contributed by atoms with Gasteiger partial charge in [0.25, 0.3) is 0 Å². The van der Waals surface area contributed by atoms with Crippen molar-refractivity contribution in [1.29, 1.82) is 0 Å². The van der Waals surface area contributed by atoms with Gasteiger partial charge in [0, 0.05) is 19.3 Å². The fourth-order valence-corrected chi connectivity index (χ4v) is 5.40. The van der Waals surface area contributed by atoms with Gasteiger partial charge in [-0.1, -0.05) is 12.8 Å². The fraction of sp³-hybridized carbons (Fsp3) is 0.706. The molecule has 3 aliphatic rings. The van der Waals surface area contributed by atoms with Crippen molar-refractivity contribution in [2.75, 3.05) is 11.9 Å². The van der Waals surface area contributed by atoms with Crippen LogP contribution in [0.1, 0.15) is 38.5 Å². The van der Waals surface area contributed by atoms with Crippen molar-refractivity contribution >= 4 is 5.69 Å². The zero-order valence-corrected chi connectivity index (χ0v) is 11.8. The van der Waals surface area contributed by atoms with Crippen molar-refractivity contribution in [1.82, 2.24) is 4.98 Å². The first kappa shape index (κ1) is 11.7. The highest BCUT2D eigenvalue weighted by molar-refractivity contribution is 5.44. The normalized spacial score (nSPS) is 40.2. The lowest BCUT2D eigenvalue weighted by molar-refractivity contribution is 0.142. The molecule has 0 aromatic carbocycles. The molecule has 2 nitrogen and oxygen atoms in total. The molecule has 4 rings (SSSR count). The van der Waals surface area contributed by atoms with Gasteiger partial charge >= 0.3 is 0 Å². The third kappa shape index (κ3) is 1.79. The monoisotopic (exact) mass is 256 g/mol. The molecule has 19 heavy (non-hydrogen) atoms. The topological polar surface area (TPSA) is 16.1 Å². The molecule has 1 aromatic heterocycles. The van der Waals surface area contributed by atoms with Crippen LogP contribution in [0.2, 0.25) is 0 Å². The average molecular weight is 256 g/mol. The summed E-state index contributed by atoms with van der Waals surface area (Å²) in [7, 11) is 2.28. The highest BCUT2D eigenvalue weighted by Crippen LogP contribution is 2.58. The Morgan fingerprint density at radius 3 is 2.74 bits per heavy atom. The summed E-state index contributed by atoms with van der Waals surface area (Å²) in [4.78, 5) is 6.80. The predicted octanol–water partition coefficient (Wildman–Crippen LogP) is 3.73. The summed E-state index contributed by atoms with van der Waals surface area (Å²) >= 11 is 0. The zero-order chi connectivity index (χ0) is 12.8. The lowest BCUT2D eigenvalue weighted by Gasteiger charge is -2.42. The number of fused-ring (bicyclic) bond motifs is 5. The number of hydrogen-bond donors (Lipinski definition) is 0. The van der Waals surface area contributed by atoms with Crippen LogP contribution in [0.4, 0.5) is 5.69 Å². The summed E-state index contributed by atoms with van der Waals surface area (Å²) in [6.07, 6.45) is 12.8. The second-order valence-corrected chi connectivity index (χ2v) is 6.90.